The van der Waals surface area contributed by atoms with E-state index in [0.717, 1.165) is 35.7 Å². The molecule has 1 aromatic carbocycles. The van der Waals surface area contributed by atoms with Gasteiger partial charge in [-0.3, -0.25) is 4.79 Å². The molecular formula is C19H22N2O2. The molecule has 4 nitrogen and oxygen atoms in total. The Hall–Kier alpha value is -2.10. The van der Waals surface area contributed by atoms with E-state index in [1.807, 2.05) is 24.3 Å². The number of nitrogens with one attached hydrogen (secondary N) is 1. The molecule has 1 amide bonds. The molecule has 4 rings (SSSR count). The molecule has 1 aromatic heterocycles. The van der Waals surface area contributed by atoms with Crippen LogP contribution in [0.1, 0.15) is 56.8 Å². The molecular weight excluding hydrogens is 288 g/mol. The summed E-state index contributed by atoms with van der Waals surface area (Å²) in [5, 5.41) is 3.04. The molecule has 120 valence electrons. The summed E-state index contributed by atoms with van der Waals surface area (Å²) in [6, 6.07) is 7.84. The Balaban J connectivity index is 1.41. The quantitative estimate of drug-likeness (QED) is 0.887. The third-order valence-corrected chi connectivity index (χ3v) is 4.86. The number of carbonyl (C=O) groups excluding carboxylic acids is 1. The van der Waals surface area contributed by atoms with Crippen LogP contribution in [0.4, 0.5) is 5.69 Å². The Morgan fingerprint density at radius 1 is 1.04 bits per heavy atom. The number of rotatable bonds is 4. The Kier molecular flexibility index (Phi) is 3.90. The zero-order valence-corrected chi connectivity index (χ0v) is 13.3. The Morgan fingerprint density at radius 3 is 2.48 bits per heavy atom. The second-order valence-electron chi connectivity index (χ2n) is 6.74. The molecule has 23 heavy (non-hydrogen) atoms. The summed E-state index contributed by atoms with van der Waals surface area (Å²) < 4.78 is 5.81. The fourth-order valence-electron chi connectivity index (χ4n) is 3.27. The van der Waals surface area contributed by atoms with Crippen molar-refractivity contribution in [3.05, 3.63) is 36.4 Å². The van der Waals surface area contributed by atoms with Crippen molar-refractivity contribution in [2.45, 2.75) is 50.9 Å². The van der Waals surface area contributed by atoms with Crippen LogP contribution in [0.15, 0.2) is 34.9 Å². The topological polar surface area (TPSA) is 55.1 Å². The van der Waals surface area contributed by atoms with Crippen LogP contribution in [0.25, 0.3) is 11.3 Å². The molecule has 2 aliphatic carbocycles. The number of anilines is 1. The van der Waals surface area contributed by atoms with Crippen LogP contribution in [-0.2, 0) is 4.79 Å². The number of amides is 1. The van der Waals surface area contributed by atoms with Crippen LogP contribution in [0.2, 0.25) is 0 Å². The number of oxazole rings is 1. The molecule has 2 aliphatic rings. The zero-order valence-electron chi connectivity index (χ0n) is 13.3. The van der Waals surface area contributed by atoms with Crippen molar-refractivity contribution in [2.75, 3.05) is 5.32 Å². The Labute approximate surface area is 136 Å². The van der Waals surface area contributed by atoms with Gasteiger partial charge in [0.25, 0.3) is 0 Å². The van der Waals surface area contributed by atoms with Crippen molar-refractivity contribution in [3.8, 4) is 11.3 Å². The number of nitrogens with zero attached hydrogens (tertiary/aromatic N) is 1. The fraction of sp³-hybridized carbons (Fsp3) is 0.474. The normalized spacial score (nSPS) is 18.8. The summed E-state index contributed by atoms with van der Waals surface area (Å²) in [7, 11) is 0. The van der Waals surface area contributed by atoms with Gasteiger partial charge in [0.05, 0.1) is 6.20 Å². The monoisotopic (exact) mass is 310 g/mol. The van der Waals surface area contributed by atoms with Crippen molar-refractivity contribution in [3.63, 3.8) is 0 Å². The minimum atomic E-state index is 0.160. The van der Waals surface area contributed by atoms with E-state index >= 15 is 0 Å². The van der Waals surface area contributed by atoms with Crippen LogP contribution >= 0.6 is 0 Å². The summed E-state index contributed by atoms with van der Waals surface area (Å²) >= 11 is 0. The van der Waals surface area contributed by atoms with Gasteiger partial charge in [-0.15, -0.1) is 0 Å². The van der Waals surface area contributed by atoms with Gasteiger partial charge in [-0.1, -0.05) is 19.3 Å². The van der Waals surface area contributed by atoms with Crippen LogP contribution in [0, 0.1) is 5.92 Å². The number of aromatic nitrogens is 1. The van der Waals surface area contributed by atoms with Gasteiger partial charge in [-0.05, 0) is 49.9 Å². The standard InChI is InChI=1S/C19H22N2O2/c22-18(14-4-2-1-3-5-14)21-16-10-8-13(9-11-16)17-12-20-19(23-17)15-6-7-15/h8-12,14-15H,1-7H2,(H,21,22). The number of benzene rings is 1. The molecule has 0 radical (unpaired) electrons. The first-order valence-corrected chi connectivity index (χ1v) is 8.66. The number of hydrogen-bond donors (Lipinski definition) is 1. The molecule has 2 saturated carbocycles. The predicted octanol–water partition coefficient (Wildman–Crippen LogP) is 4.74. The molecule has 0 aliphatic heterocycles. The van der Waals surface area contributed by atoms with Crippen molar-refractivity contribution in [1.29, 1.82) is 0 Å². The lowest BCUT2D eigenvalue weighted by Gasteiger charge is -2.20. The van der Waals surface area contributed by atoms with Gasteiger partial charge in [0.2, 0.25) is 5.91 Å². The molecule has 1 N–H and O–H groups in total. The molecule has 0 saturated heterocycles. The predicted molar refractivity (Wildman–Crippen MR) is 89.1 cm³/mol. The van der Waals surface area contributed by atoms with Gasteiger partial charge in [0.15, 0.2) is 11.7 Å². The van der Waals surface area contributed by atoms with Gasteiger partial charge >= 0.3 is 0 Å². The summed E-state index contributed by atoms with van der Waals surface area (Å²) in [5.41, 5.74) is 1.85. The van der Waals surface area contributed by atoms with Crippen molar-refractivity contribution >= 4 is 11.6 Å². The highest BCUT2D eigenvalue weighted by atomic mass is 16.4. The highest BCUT2D eigenvalue weighted by Gasteiger charge is 2.28. The number of hydrogen-bond acceptors (Lipinski definition) is 3. The average molecular weight is 310 g/mol. The van der Waals surface area contributed by atoms with Gasteiger partial charge in [0.1, 0.15) is 0 Å². The first kappa shape index (κ1) is 14.5. The third kappa shape index (κ3) is 3.31. The Bertz CT molecular complexity index is 680. The van der Waals surface area contributed by atoms with Gasteiger partial charge in [0, 0.05) is 23.1 Å². The average Bonchev–Trinajstić information content (AvgIpc) is 3.34. The van der Waals surface area contributed by atoms with Crippen molar-refractivity contribution in [2.24, 2.45) is 5.92 Å². The third-order valence-electron chi connectivity index (χ3n) is 4.86. The van der Waals surface area contributed by atoms with Gasteiger partial charge < -0.3 is 9.73 Å². The van der Waals surface area contributed by atoms with E-state index < -0.39 is 0 Å². The van der Waals surface area contributed by atoms with E-state index in [0.29, 0.717) is 5.92 Å². The lowest BCUT2D eigenvalue weighted by Crippen LogP contribution is -2.24. The van der Waals surface area contributed by atoms with Crippen LogP contribution in [-0.4, -0.2) is 10.9 Å². The summed E-state index contributed by atoms with van der Waals surface area (Å²) in [5.74, 6) is 2.52. The van der Waals surface area contributed by atoms with Crippen molar-refractivity contribution < 1.29 is 9.21 Å². The van der Waals surface area contributed by atoms with Crippen LogP contribution in [0.3, 0.4) is 0 Å². The highest BCUT2D eigenvalue weighted by molar-refractivity contribution is 5.92. The molecule has 4 heteroatoms. The molecule has 0 bridgehead atoms. The molecule has 2 fully saturated rings. The lowest BCUT2D eigenvalue weighted by atomic mass is 9.88. The maximum atomic E-state index is 12.3. The first-order chi connectivity index (χ1) is 11.3. The first-order valence-electron chi connectivity index (χ1n) is 8.66. The van der Waals surface area contributed by atoms with E-state index in [1.165, 1.54) is 32.1 Å². The maximum absolute atomic E-state index is 12.3. The van der Waals surface area contributed by atoms with Crippen molar-refractivity contribution in [1.82, 2.24) is 4.98 Å². The maximum Gasteiger partial charge on any atom is 0.227 e. The van der Waals surface area contributed by atoms with Crippen LogP contribution in [0.5, 0.6) is 0 Å². The zero-order chi connectivity index (χ0) is 15.6. The minimum absolute atomic E-state index is 0.160. The molecule has 0 unspecified atom stereocenters. The smallest absolute Gasteiger partial charge is 0.227 e. The lowest BCUT2D eigenvalue weighted by molar-refractivity contribution is -0.120. The second kappa shape index (κ2) is 6.19. The highest BCUT2D eigenvalue weighted by Crippen LogP contribution is 2.40. The van der Waals surface area contributed by atoms with E-state index in [2.05, 4.69) is 10.3 Å². The fourth-order valence-corrected chi connectivity index (χ4v) is 3.27. The Morgan fingerprint density at radius 2 is 1.78 bits per heavy atom. The van der Waals surface area contributed by atoms with Gasteiger partial charge in [-0.25, -0.2) is 4.98 Å². The summed E-state index contributed by atoms with van der Waals surface area (Å²) in [6.07, 6.45) is 9.81. The second-order valence-corrected chi connectivity index (χ2v) is 6.74. The van der Waals surface area contributed by atoms with Crippen LogP contribution < -0.4 is 5.32 Å². The van der Waals surface area contributed by atoms with Gasteiger partial charge in [-0.2, -0.15) is 0 Å². The summed E-state index contributed by atoms with van der Waals surface area (Å²) in [4.78, 5) is 16.6. The minimum Gasteiger partial charge on any atom is -0.440 e. The van der Waals surface area contributed by atoms with E-state index in [1.54, 1.807) is 6.20 Å². The summed E-state index contributed by atoms with van der Waals surface area (Å²) in [6.45, 7) is 0. The molecule has 0 spiro atoms. The van der Waals surface area contributed by atoms with E-state index in [4.69, 9.17) is 4.42 Å². The van der Waals surface area contributed by atoms with E-state index in [9.17, 15) is 4.79 Å². The largest absolute Gasteiger partial charge is 0.440 e. The molecule has 2 aromatic rings. The molecule has 1 heterocycles. The SMILES string of the molecule is O=C(Nc1ccc(-c2cnc(C3CC3)o2)cc1)C1CCCCC1. The molecule has 0 atom stereocenters. The van der Waals surface area contributed by atoms with E-state index in [-0.39, 0.29) is 11.8 Å². The number of carbonyl (C=O) groups is 1.